The Kier molecular flexibility index (Phi) is 9.62. The molecule has 1 fully saturated rings. The van der Waals surface area contributed by atoms with Crippen LogP contribution in [0.2, 0.25) is 0 Å². The van der Waals surface area contributed by atoms with Crippen LogP contribution in [0.1, 0.15) is 79.4 Å². The van der Waals surface area contributed by atoms with E-state index in [4.69, 9.17) is 5.73 Å². The third kappa shape index (κ3) is 6.61. The van der Waals surface area contributed by atoms with E-state index in [9.17, 15) is 19.2 Å². The molecule has 240 valence electrons. The van der Waals surface area contributed by atoms with Crippen molar-refractivity contribution in [3.05, 3.63) is 120 Å². The summed E-state index contributed by atoms with van der Waals surface area (Å²) in [7, 11) is 0. The van der Waals surface area contributed by atoms with Crippen LogP contribution < -0.4 is 16.0 Å². The average Bonchev–Trinajstić information content (AvgIpc) is 3.59. The number of fused-ring (bicyclic) bond motifs is 3. The average molecular weight is 628 g/mol. The van der Waals surface area contributed by atoms with E-state index >= 15 is 0 Å². The van der Waals surface area contributed by atoms with Crippen LogP contribution in [0.15, 0.2) is 103 Å². The minimum absolute atomic E-state index is 0.153. The van der Waals surface area contributed by atoms with E-state index in [0.717, 1.165) is 36.8 Å². The zero-order valence-electron chi connectivity index (χ0n) is 26.7. The Labute approximate surface area is 276 Å². The van der Waals surface area contributed by atoms with Crippen LogP contribution in [0.4, 0.5) is 11.4 Å². The molecule has 3 atom stereocenters. The molecular formula is C40H41N3O4. The van der Waals surface area contributed by atoms with Crippen molar-refractivity contribution in [2.45, 2.75) is 57.9 Å². The Morgan fingerprint density at radius 2 is 1.47 bits per heavy atom. The van der Waals surface area contributed by atoms with Crippen LogP contribution >= 0.6 is 0 Å². The molecule has 3 amide bonds. The molecule has 1 heterocycles. The monoisotopic (exact) mass is 627 g/mol. The fraction of sp³-hybridized carbons (Fsp3) is 0.300. The first-order valence-corrected chi connectivity index (χ1v) is 16.7. The highest BCUT2D eigenvalue weighted by molar-refractivity contribution is 6.13. The van der Waals surface area contributed by atoms with Gasteiger partial charge >= 0.3 is 0 Å². The number of amides is 3. The number of hydrogen-bond donors (Lipinski definition) is 2. The van der Waals surface area contributed by atoms with Gasteiger partial charge in [0.1, 0.15) is 6.04 Å². The molecule has 1 saturated carbocycles. The second-order valence-electron chi connectivity index (χ2n) is 12.8. The Bertz CT molecular complexity index is 1780. The third-order valence-corrected chi connectivity index (χ3v) is 9.71. The zero-order chi connectivity index (χ0) is 32.9. The molecule has 6 rings (SSSR count). The standard InChI is InChI=1S/C40H41N3O4/c1-2-13-33(38(41)45)34(24-26-14-6-7-15-26)39(46)42-36-32-22-9-8-20-30(32)31-21-10-11-23-35(31)43(40(36)47)29-19-12-18-28(25-29)37(44)27-16-4-3-5-17-27/h3-5,8-12,16-23,25-26,33-34,36H,2,6-7,13-15,24H2,1H3,(H2,41,45)(H,42,46)/t33-,34+,36?/m0/s1. The predicted octanol–water partition coefficient (Wildman–Crippen LogP) is 7.52. The van der Waals surface area contributed by atoms with Gasteiger partial charge in [-0.1, -0.05) is 124 Å². The van der Waals surface area contributed by atoms with Crippen molar-refractivity contribution in [3.63, 3.8) is 0 Å². The number of nitrogens with two attached hydrogens (primary N) is 1. The zero-order valence-corrected chi connectivity index (χ0v) is 26.7. The fourth-order valence-electron chi connectivity index (χ4n) is 7.38. The summed E-state index contributed by atoms with van der Waals surface area (Å²) >= 11 is 0. The van der Waals surface area contributed by atoms with Crippen molar-refractivity contribution in [2.24, 2.45) is 23.5 Å². The Hall–Kier alpha value is -5.04. The summed E-state index contributed by atoms with van der Waals surface area (Å²) in [5, 5.41) is 3.13. The number of primary amides is 1. The summed E-state index contributed by atoms with van der Waals surface area (Å²) in [4.78, 5) is 57.1. The molecule has 1 aliphatic carbocycles. The molecular weight excluding hydrogens is 586 g/mol. The van der Waals surface area contributed by atoms with Gasteiger partial charge in [0, 0.05) is 34.2 Å². The Morgan fingerprint density at radius 1 is 0.809 bits per heavy atom. The molecule has 4 aromatic carbocycles. The van der Waals surface area contributed by atoms with Gasteiger partial charge < -0.3 is 11.1 Å². The first kappa shape index (κ1) is 31.9. The van der Waals surface area contributed by atoms with Gasteiger partial charge in [0.05, 0.1) is 5.69 Å². The quantitative estimate of drug-likeness (QED) is 0.168. The molecule has 47 heavy (non-hydrogen) atoms. The molecule has 3 N–H and O–H groups in total. The SMILES string of the molecule is CCC[C@H](C(N)=O)[C@@H](CC1CCCC1)C(=O)NC1C(=O)N(c2cccc(C(=O)c3ccccc3)c2)c2ccccc2-c2ccccc21. The lowest BCUT2D eigenvalue weighted by Crippen LogP contribution is -2.46. The van der Waals surface area contributed by atoms with Crippen LogP contribution in [0, 0.1) is 17.8 Å². The summed E-state index contributed by atoms with van der Waals surface area (Å²) in [6.45, 7) is 1.98. The summed E-state index contributed by atoms with van der Waals surface area (Å²) in [5.74, 6) is -2.24. The topological polar surface area (TPSA) is 110 Å². The third-order valence-electron chi connectivity index (χ3n) is 9.71. The van der Waals surface area contributed by atoms with Gasteiger partial charge in [-0.05, 0) is 48.1 Å². The largest absolute Gasteiger partial charge is 0.369 e. The lowest BCUT2D eigenvalue weighted by molar-refractivity contribution is -0.136. The summed E-state index contributed by atoms with van der Waals surface area (Å²) in [6.07, 6.45) is 6.06. The number of rotatable bonds is 11. The number of carbonyl (C=O) groups excluding carboxylic acids is 4. The van der Waals surface area contributed by atoms with Gasteiger partial charge in [-0.3, -0.25) is 24.1 Å². The van der Waals surface area contributed by atoms with Gasteiger partial charge in [0.2, 0.25) is 11.8 Å². The maximum atomic E-state index is 14.9. The van der Waals surface area contributed by atoms with Crippen LogP contribution in [0.25, 0.3) is 11.1 Å². The number of nitrogens with one attached hydrogen (secondary N) is 1. The first-order chi connectivity index (χ1) is 22.9. The second-order valence-corrected chi connectivity index (χ2v) is 12.8. The predicted molar refractivity (Wildman–Crippen MR) is 184 cm³/mol. The number of carbonyl (C=O) groups is 4. The highest BCUT2D eigenvalue weighted by atomic mass is 16.2. The van der Waals surface area contributed by atoms with E-state index in [-0.39, 0.29) is 17.6 Å². The molecule has 0 spiro atoms. The van der Waals surface area contributed by atoms with Gasteiger partial charge in [-0.15, -0.1) is 0 Å². The maximum absolute atomic E-state index is 14.9. The molecule has 0 bridgehead atoms. The number of ketones is 1. The Balaban J connectivity index is 1.42. The molecule has 7 nitrogen and oxygen atoms in total. The van der Waals surface area contributed by atoms with Crippen LogP contribution in [-0.4, -0.2) is 23.5 Å². The molecule has 0 aromatic heterocycles. The van der Waals surface area contributed by atoms with Crippen molar-refractivity contribution >= 4 is 34.9 Å². The minimum atomic E-state index is -1.04. The summed E-state index contributed by atoms with van der Waals surface area (Å²) in [6, 6.07) is 30.3. The number of hydrogen-bond acceptors (Lipinski definition) is 4. The van der Waals surface area contributed by atoms with Crippen LogP contribution in [-0.2, 0) is 14.4 Å². The van der Waals surface area contributed by atoms with Crippen molar-refractivity contribution in [1.29, 1.82) is 0 Å². The van der Waals surface area contributed by atoms with E-state index in [0.29, 0.717) is 53.2 Å². The fourth-order valence-corrected chi connectivity index (χ4v) is 7.38. The van der Waals surface area contributed by atoms with Crippen LogP contribution in [0.3, 0.4) is 0 Å². The highest BCUT2D eigenvalue weighted by Crippen LogP contribution is 2.44. The number of para-hydroxylation sites is 1. The van der Waals surface area contributed by atoms with E-state index < -0.39 is 23.8 Å². The Morgan fingerprint density at radius 3 is 2.19 bits per heavy atom. The van der Waals surface area contributed by atoms with Gasteiger partial charge in [-0.25, -0.2) is 0 Å². The number of benzene rings is 4. The lowest BCUT2D eigenvalue weighted by atomic mass is 9.80. The highest BCUT2D eigenvalue weighted by Gasteiger charge is 2.40. The van der Waals surface area contributed by atoms with Crippen molar-refractivity contribution in [2.75, 3.05) is 4.90 Å². The molecule has 0 radical (unpaired) electrons. The minimum Gasteiger partial charge on any atom is -0.369 e. The number of anilines is 2. The maximum Gasteiger partial charge on any atom is 0.258 e. The first-order valence-electron chi connectivity index (χ1n) is 16.7. The smallest absolute Gasteiger partial charge is 0.258 e. The second kappa shape index (κ2) is 14.2. The normalized spacial score (nSPS) is 17.3. The molecule has 1 unspecified atom stereocenters. The van der Waals surface area contributed by atoms with Crippen molar-refractivity contribution in [3.8, 4) is 11.1 Å². The number of nitrogens with zero attached hydrogens (tertiary/aromatic N) is 1. The van der Waals surface area contributed by atoms with Crippen molar-refractivity contribution < 1.29 is 19.2 Å². The molecule has 2 aliphatic rings. The van der Waals surface area contributed by atoms with Gasteiger partial charge in [-0.2, -0.15) is 0 Å². The molecule has 4 aromatic rings. The molecule has 7 heteroatoms. The van der Waals surface area contributed by atoms with Gasteiger partial charge in [0.25, 0.3) is 5.91 Å². The van der Waals surface area contributed by atoms with E-state index in [1.165, 1.54) is 0 Å². The van der Waals surface area contributed by atoms with E-state index in [1.807, 2.05) is 73.7 Å². The molecule has 1 aliphatic heterocycles. The lowest BCUT2D eigenvalue weighted by Gasteiger charge is -2.30. The van der Waals surface area contributed by atoms with E-state index in [1.54, 1.807) is 41.3 Å². The summed E-state index contributed by atoms with van der Waals surface area (Å²) in [5.41, 5.74) is 10.4. The van der Waals surface area contributed by atoms with Crippen LogP contribution in [0.5, 0.6) is 0 Å². The summed E-state index contributed by atoms with van der Waals surface area (Å²) < 4.78 is 0. The van der Waals surface area contributed by atoms with Crippen molar-refractivity contribution in [1.82, 2.24) is 5.32 Å². The molecule has 0 saturated heterocycles. The van der Waals surface area contributed by atoms with E-state index in [2.05, 4.69) is 5.32 Å². The van der Waals surface area contributed by atoms with Gasteiger partial charge in [0.15, 0.2) is 5.78 Å².